The second-order valence-electron chi connectivity index (χ2n) is 3.47. The van der Waals surface area contributed by atoms with Gasteiger partial charge in [0, 0.05) is 0 Å². The third-order valence-electron chi connectivity index (χ3n) is 2.43. The van der Waals surface area contributed by atoms with E-state index in [0.717, 1.165) is 0 Å². The summed E-state index contributed by atoms with van der Waals surface area (Å²) in [7, 11) is 1.54. The van der Waals surface area contributed by atoms with Crippen LogP contribution < -0.4 is 10.3 Å². The zero-order valence-corrected chi connectivity index (χ0v) is 10.7. The molecule has 0 atom stereocenters. The molecule has 94 valence electrons. The average Bonchev–Trinajstić information content (AvgIpc) is 2.38. The Hall–Kier alpha value is -1.82. The fourth-order valence-corrected chi connectivity index (χ4v) is 1.90. The first-order valence-electron chi connectivity index (χ1n) is 5.14. The second-order valence-corrected chi connectivity index (χ2v) is 4.26. The quantitative estimate of drug-likeness (QED) is 0.526. The molecule has 0 aliphatic rings. The number of thioether (sulfide) groups is 1. The number of methoxy groups -OCH3 is 1. The molecule has 0 radical (unpaired) electrons. The van der Waals surface area contributed by atoms with Crippen molar-refractivity contribution in [2.45, 2.75) is 5.16 Å². The lowest BCUT2D eigenvalue weighted by Crippen LogP contribution is -2.14. The highest BCUT2D eigenvalue weighted by Gasteiger charge is 2.13. The van der Waals surface area contributed by atoms with Crippen LogP contribution in [0.25, 0.3) is 11.1 Å². The van der Waals surface area contributed by atoms with Gasteiger partial charge in [-0.1, -0.05) is 23.9 Å². The molecule has 1 heterocycles. The third-order valence-corrected chi connectivity index (χ3v) is 3.01. The molecule has 0 aliphatic heterocycles. The number of rotatable bonds is 3. The Morgan fingerprint density at radius 3 is 2.50 bits per heavy atom. The van der Waals surface area contributed by atoms with Gasteiger partial charge in [0.15, 0.2) is 5.16 Å². The van der Waals surface area contributed by atoms with Crippen LogP contribution in [0.1, 0.15) is 0 Å². The van der Waals surface area contributed by atoms with Crippen LogP contribution in [0.4, 0.5) is 4.39 Å². The second kappa shape index (κ2) is 5.22. The third kappa shape index (κ3) is 2.38. The Morgan fingerprint density at radius 1 is 1.33 bits per heavy atom. The maximum Gasteiger partial charge on any atom is 0.262 e. The van der Waals surface area contributed by atoms with Crippen molar-refractivity contribution in [3.05, 3.63) is 40.6 Å². The number of hydrogen-bond donors (Lipinski definition) is 1. The number of benzene rings is 1. The lowest BCUT2D eigenvalue weighted by atomic mass is 10.1. The number of nitrogens with zero attached hydrogens (tertiary/aromatic N) is 1. The number of aromatic amines is 1. The van der Waals surface area contributed by atoms with E-state index in [4.69, 9.17) is 4.74 Å². The van der Waals surface area contributed by atoms with Gasteiger partial charge in [-0.05, 0) is 24.0 Å². The summed E-state index contributed by atoms with van der Waals surface area (Å²) in [4.78, 5) is 18.0. The molecule has 2 rings (SSSR count). The van der Waals surface area contributed by atoms with Crippen molar-refractivity contribution in [2.75, 3.05) is 13.4 Å². The molecule has 0 saturated carbocycles. The van der Waals surface area contributed by atoms with Gasteiger partial charge < -0.3 is 9.72 Å². The summed E-state index contributed by atoms with van der Waals surface area (Å²) < 4.78 is 18.8. The Labute approximate surface area is 107 Å². The van der Waals surface area contributed by atoms with E-state index in [-0.39, 0.29) is 10.7 Å². The highest BCUT2D eigenvalue weighted by atomic mass is 32.2. The van der Waals surface area contributed by atoms with Crippen molar-refractivity contribution >= 4 is 11.8 Å². The number of aromatic nitrogens is 2. The van der Waals surface area contributed by atoms with E-state index in [1.807, 2.05) is 0 Å². The van der Waals surface area contributed by atoms with Gasteiger partial charge in [-0.15, -0.1) is 0 Å². The van der Waals surface area contributed by atoms with Gasteiger partial charge >= 0.3 is 0 Å². The SMILES string of the molecule is COc1ccc(-c2c(F)nc(SC)[nH]c2=O)cc1. The van der Waals surface area contributed by atoms with Gasteiger partial charge in [-0.25, -0.2) is 0 Å². The molecule has 1 aromatic carbocycles. The smallest absolute Gasteiger partial charge is 0.262 e. The van der Waals surface area contributed by atoms with Crippen molar-refractivity contribution in [1.29, 1.82) is 0 Å². The highest BCUT2D eigenvalue weighted by molar-refractivity contribution is 7.98. The minimum atomic E-state index is -0.770. The van der Waals surface area contributed by atoms with Crippen molar-refractivity contribution in [2.24, 2.45) is 0 Å². The average molecular weight is 266 g/mol. The molecule has 4 nitrogen and oxygen atoms in total. The molecule has 1 N–H and O–H groups in total. The van der Waals surface area contributed by atoms with Gasteiger partial charge in [-0.3, -0.25) is 4.79 Å². The summed E-state index contributed by atoms with van der Waals surface area (Å²) in [5, 5.41) is 0.259. The summed E-state index contributed by atoms with van der Waals surface area (Å²) in [5.74, 6) is -0.127. The van der Waals surface area contributed by atoms with Crippen molar-refractivity contribution in [3.8, 4) is 16.9 Å². The molecular weight excluding hydrogens is 255 g/mol. The van der Waals surface area contributed by atoms with Gasteiger partial charge in [0.2, 0.25) is 5.95 Å². The number of nitrogens with one attached hydrogen (secondary N) is 1. The fraction of sp³-hybridized carbons (Fsp3) is 0.167. The number of halogens is 1. The topological polar surface area (TPSA) is 55.0 Å². The molecular formula is C12H11FN2O2S. The van der Waals surface area contributed by atoms with E-state index >= 15 is 0 Å². The first-order valence-corrected chi connectivity index (χ1v) is 6.36. The maximum atomic E-state index is 13.8. The van der Waals surface area contributed by atoms with Gasteiger partial charge in [0.05, 0.1) is 7.11 Å². The molecule has 0 spiro atoms. The van der Waals surface area contributed by atoms with Gasteiger partial charge in [0.1, 0.15) is 11.3 Å². The van der Waals surface area contributed by atoms with Crippen LogP contribution in [0, 0.1) is 5.95 Å². The Kier molecular flexibility index (Phi) is 3.66. The Balaban J connectivity index is 2.53. The lowest BCUT2D eigenvalue weighted by molar-refractivity contribution is 0.415. The molecule has 2 aromatic rings. The summed E-state index contributed by atoms with van der Waals surface area (Å²) in [6.45, 7) is 0. The minimum absolute atomic E-state index is 0.0598. The molecule has 18 heavy (non-hydrogen) atoms. The van der Waals surface area contributed by atoms with E-state index in [9.17, 15) is 9.18 Å². The van der Waals surface area contributed by atoms with E-state index in [2.05, 4.69) is 9.97 Å². The molecule has 0 amide bonds. The Morgan fingerprint density at radius 2 is 2.00 bits per heavy atom. The number of hydrogen-bond acceptors (Lipinski definition) is 4. The van der Waals surface area contributed by atoms with E-state index in [0.29, 0.717) is 11.3 Å². The molecule has 6 heteroatoms. The zero-order valence-electron chi connectivity index (χ0n) is 9.86. The molecule has 0 unspecified atom stereocenters. The van der Waals surface area contributed by atoms with Crippen LogP contribution in [0.15, 0.2) is 34.2 Å². The van der Waals surface area contributed by atoms with E-state index in [1.54, 1.807) is 30.5 Å². The standard InChI is InChI=1S/C12H11FN2O2S/c1-17-8-5-3-7(4-6-8)9-10(13)14-12(18-2)15-11(9)16/h3-6H,1-2H3,(H,14,15,16). The van der Waals surface area contributed by atoms with E-state index < -0.39 is 11.5 Å². The van der Waals surface area contributed by atoms with Gasteiger partial charge in [0.25, 0.3) is 5.56 Å². The summed E-state index contributed by atoms with van der Waals surface area (Å²) in [5.41, 5.74) is -0.0813. The van der Waals surface area contributed by atoms with E-state index in [1.165, 1.54) is 18.9 Å². The van der Waals surface area contributed by atoms with Crippen LogP contribution >= 0.6 is 11.8 Å². The molecule has 0 saturated heterocycles. The Bertz CT molecular complexity index is 610. The molecule has 0 bridgehead atoms. The summed E-state index contributed by atoms with van der Waals surface area (Å²) in [6, 6.07) is 6.56. The van der Waals surface area contributed by atoms with Crippen molar-refractivity contribution in [1.82, 2.24) is 9.97 Å². The molecule has 0 aliphatic carbocycles. The monoisotopic (exact) mass is 266 g/mol. The maximum absolute atomic E-state index is 13.8. The highest BCUT2D eigenvalue weighted by Crippen LogP contribution is 2.21. The lowest BCUT2D eigenvalue weighted by Gasteiger charge is -2.04. The van der Waals surface area contributed by atoms with Crippen LogP contribution in [-0.2, 0) is 0 Å². The summed E-state index contributed by atoms with van der Waals surface area (Å²) in [6.07, 6.45) is 1.71. The van der Waals surface area contributed by atoms with Crippen LogP contribution in [0.5, 0.6) is 5.75 Å². The fourth-order valence-electron chi connectivity index (χ4n) is 1.53. The van der Waals surface area contributed by atoms with Gasteiger partial charge in [-0.2, -0.15) is 9.37 Å². The normalized spacial score (nSPS) is 10.4. The van der Waals surface area contributed by atoms with Crippen LogP contribution in [-0.4, -0.2) is 23.3 Å². The van der Waals surface area contributed by atoms with Crippen LogP contribution in [0.2, 0.25) is 0 Å². The van der Waals surface area contributed by atoms with Crippen LogP contribution in [0.3, 0.4) is 0 Å². The largest absolute Gasteiger partial charge is 0.497 e. The zero-order chi connectivity index (χ0) is 13.1. The number of ether oxygens (including phenoxy) is 1. The first-order chi connectivity index (χ1) is 8.65. The molecule has 1 aromatic heterocycles. The predicted molar refractivity (Wildman–Crippen MR) is 68.6 cm³/mol. The number of H-pyrrole nitrogens is 1. The van der Waals surface area contributed by atoms with Crippen molar-refractivity contribution < 1.29 is 9.13 Å². The van der Waals surface area contributed by atoms with Crippen molar-refractivity contribution in [3.63, 3.8) is 0 Å². The minimum Gasteiger partial charge on any atom is -0.497 e. The molecule has 0 fully saturated rings. The predicted octanol–water partition coefficient (Wildman–Crippen LogP) is 2.31. The summed E-state index contributed by atoms with van der Waals surface area (Å²) >= 11 is 1.18. The first kappa shape index (κ1) is 12.6.